The molecule has 1 amide bonds. The summed E-state index contributed by atoms with van der Waals surface area (Å²) in [6.07, 6.45) is 0.768. The molecule has 1 aliphatic rings. The van der Waals surface area contributed by atoms with Gasteiger partial charge < -0.3 is 14.5 Å². The highest BCUT2D eigenvalue weighted by molar-refractivity contribution is 5.76. The van der Waals surface area contributed by atoms with Crippen LogP contribution in [-0.2, 0) is 11.2 Å². The van der Waals surface area contributed by atoms with E-state index in [1.54, 1.807) is 24.0 Å². The number of β-amino-alcohol motifs (C(OH)–C–C–N with tert-alkyl or cyclic N) is 1. The van der Waals surface area contributed by atoms with E-state index in [9.17, 15) is 14.3 Å². The third-order valence-electron chi connectivity index (χ3n) is 3.97. The monoisotopic (exact) mass is 319 g/mol. The molecule has 0 bridgehead atoms. The zero-order valence-electron chi connectivity index (χ0n) is 12.8. The predicted molar refractivity (Wildman–Crippen MR) is 80.0 cm³/mol. The van der Waals surface area contributed by atoms with Crippen molar-refractivity contribution in [1.82, 2.24) is 15.0 Å². The molecule has 1 fully saturated rings. The summed E-state index contributed by atoms with van der Waals surface area (Å²) in [6.45, 7) is 2.65. The summed E-state index contributed by atoms with van der Waals surface area (Å²) in [4.78, 5) is 17.8. The topological polar surface area (TPSA) is 79.5 Å². The largest absolute Gasteiger partial charge is 0.391 e. The first-order valence-corrected chi connectivity index (χ1v) is 7.58. The molecule has 0 spiro atoms. The summed E-state index contributed by atoms with van der Waals surface area (Å²) >= 11 is 0. The van der Waals surface area contributed by atoms with Crippen LogP contribution in [0.5, 0.6) is 0 Å². The highest BCUT2D eigenvalue weighted by atomic mass is 19.1. The molecule has 1 atom stereocenters. The molecule has 3 rings (SSSR count). The van der Waals surface area contributed by atoms with Crippen LogP contribution in [0, 0.1) is 12.7 Å². The minimum atomic E-state index is -0.426. The Balaban J connectivity index is 1.61. The van der Waals surface area contributed by atoms with Gasteiger partial charge >= 0.3 is 0 Å². The second kappa shape index (κ2) is 6.45. The lowest BCUT2D eigenvalue weighted by molar-refractivity contribution is -0.130. The maximum atomic E-state index is 13.6. The van der Waals surface area contributed by atoms with E-state index in [-0.39, 0.29) is 18.1 Å². The first-order valence-electron chi connectivity index (χ1n) is 7.58. The zero-order chi connectivity index (χ0) is 16.4. The lowest BCUT2D eigenvalue weighted by atomic mass is 10.1. The number of aryl methyl sites for hydroxylation is 2. The number of likely N-dealkylation sites (tertiary alicyclic amines) is 1. The number of hydrogen-bond donors (Lipinski definition) is 1. The molecular weight excluding hydrogens is 301 g/mol. The molecule has 23 heavy (non-hydrogen) atoms. The Labute approximate surface area is 132 Å². The normalized spacial score (nSPS) is 17.7. The smallest absolute Gasteiger partial charge is 0.227 e. The van der Waals surface area contributed by atoms with Crippen LogP contribution >= 0.6 is 0 Å². The molecule has 0 radical (unpaired) electrons. The molecule has 2 aromatic rings. The Morgan fingerprint density at radius 1 is 1.52 bits per heavy atom. The maximum absolute atomic E-state index is 13.6. The Bertz CT molecular complexity index is 716. The van der Waals surface area contributed by atoms with E-state index >= 15 is 0 Å². The fraction of sp³-hybridized carbons (Fsp3) is 0.438. The van der Waals surface area contributed by atoms with Crippen molar-refractivity contribution >= 4 is 5.91 Å². The number of benzene rings is 1. The van der Waals surface area contributed by atoms with Gasteiger partial charge in [-0.2, -0.15) is 4.98 Å². The predicted octanol–water partition coefficient (Wildman–Crippen LogP) is 1.71. The van der Waals surface area contributed by atoms with Gasteiger partial charge in [-0.1, -0.05) is 17.3 Å². The van der Waals surface area contributed by atoms with Crippen LogP contribution in [0.3, 0.4) is 0 Å². The number of hydrogen-bond acceptors (Lipinski definition) is 5. The summed E-state index contributed by atoms with van der Waals surface area (Å²) in [5, 5.41) is 13.3. The number of aliphatic hydroxyl groups excluding tert-OH is 1. The minimum absolute atomic E-state index is 0.0392. The highest BCUT2D eigenvalue weighted by Gasteiger charge is 2.24. The zero-order valence-corrected chi connectivity index (χ0v) is 12.8. The molecule has 0 saturated carbocycles. The van der Waals surface area contributed by atoms with Gasteiger partial charge in [-0.25, -0.2) is 4.39 Å². The fourth-order valence-corrected chi connectivity index (χ4v) is 2.55. The summed E-state index contributed by atoms with van der Waals surface area (Å²) in [7, 11) is 0. The Morgan fingerprint density at radius 3 is 3.04 bits per heavy atom. The number of rotatable bonds is 4. The Morgan fingerprint density at radius 2 is 2.35 bits per heavy atom. The minimum Gasteiger partial charge on any atom is -0.391 e. The number of halogens is 1. The number of carbonyl (C=O) groups is 1. The van der Waals surface area contributed by atoms with Crippen LogP contribution in [0.25, 0.3) is 11.4 Å². The molecular formula is C16H18FN3O3. The van der Waals surface area contributed by atoms with Crippen LogP contribution in [0.4, 0.5) is 4.39 Å². The molecule has 1 N–H and O–H groups in total. The molecule has 7 heteroatoms. The molecule has 6 nitrogen and oxygen atoms in total. The number of carbonyl (C=O) groups excluding carboxylic acids is 1. The Kier molecular flexibility index (Phi) is 4.38. The van der Waals surface area contributed by atoms with Crippen LogP contribution in [-0.4, -0.2) is 45.2 Å². The lowest BCUT2D eigenvalue weighted by Gasteiger charge is -2.14. The molecule has 1 saturated heterocycles. The van der Waals surface area contributed by atoms with Gasteiger partial charge in [0.05, 0.1) is 6.10 Å². The first kappa shape index (κ1) is 15.6. The van der Waals surface area contributed by atoms with Crippen LogP contribution in [0.2, 0.25) is 0 Å². The van der Waals surface area contributed by atoms with Crippen molar-refractivity contribution in [3.05, 3.63) is 35.5 Å². The van der Waals surface area contributed by atoms with Gasteiger partial charge in [0, 0.05) is 31.5 Å². The average molecular weight is 319 g/mol. The van der Waals surface area contributed by atoms with Crippen molar-refractivity contribution in [2.75, 3.05) is 13.1 Å². The summed E-state index contributed by atoms with van der Waals surface area (Å²) in [5.41, 5.74) is 1.09. The van der Waals surface area contributed by atoms with Crippen molar-refractivity contribution in [2.45, 2.75) is 32.3 Å². The van der Waals surface area contributed by atoms with Crippen LogP contribution in [0.1, 0.15) is 24.3 Å². The van der Waals surface area contributed by atoms with E-state index in [1.165, 1.54) is 6.07 Å². The van der Waals surface area contributed by atoms with Gasteiger partial charge in [-0.15, -0.1) is 0 Å². The first-order chi connectivity index (χ1) is 11.0. The molecule has 0 unspecified atom stereocenters. The number of aromatic nitrogens is 2. The molecule has 122 valence electrons. The number of aliphatic hydroxyl groups is 1. The van der Waals surface area contributed by atoms with Crippen molar-refractivity contribution in [2.24, 2.45) is 0 Å². The fourth-order valence-electron chi connectivity index (χ4n) is 2.55. The van der Waals surface area contributed by atoms with E-state index in [2.05, 4.69) is 10.1 Å². The second-order valence-electron chi connectivity index (χ2n) is 5.76. The molecule has 2 heterocycles. The van der Waals surface area contributed by atoms with Crippen LogP contribution < -0.4 is 0 Å². The molecule has 1 aliphatic heterocycles. The van der Waals surface area contributed by atoms with Gasteiger partial charge in [-0.3, -0.25) is 4.79 Å². The number of nitrogens with zero attached hydrogens (tertiary/aromatic N) is 3. The van der Waals surface area contributed by atoms with Crippen molar-refractivity contribution < 1.29 is 18.8 Å². The SMILES string of the molecule is Cc1ccc(-c2noc(CCC(=O)N3CC[C@@H](O)C3)n2)cc1F. The van der Waals surface area contributed by atoms with E-state index in [1.807, 2.05) is 0 Å². The average Bonchev–Trinajstić information content (AvgIpc) is 3.17. The van der Waals surface area contributed by atoms with Gasteiger partial charge in [0.1, 0.15) is 5.82 Å². The summed E-state index contributed by atoms with van der Waals surface area (Å²) in [6, 6.07) is 4.74. The maximum Gasteiger partial charge on any atom is 0.227 e. The van der Waals surface area contributed by atoms with E-state index in [0.29, 0.717) is 48.8 Å². The van der Waals surface area contributed by atoms with E-state index in [4.69, 9.17) is 4.52 Å². The summed E-state index contributed by atoms with van der Waals surface area (Å²) < 4.78 is 18.7. The Hall–Kier alpha value is -2.28. The molecule has 0 aliphatic carbocycles. The van der Waals surface area contributed by atoms with Crippen molar-refractivity contribution in [3.8, 4) is 11.4 Å². The van der Waals surface area contributed by atoms with Crippen molar-refractivity contribution in [3.63, 3.8) is 0 Å². The molecule has 1 aromatic carbocycles. The second-order valence-corrected chi connectivity index (χ2v) is 5.76. The van der Waals surface area contributed by atoms with Gasteiger partial charge in [-0.05, 0) is 25.0 Å². The summed E-state index contributed by atoms with van der Waals surface area (Å²) in [5.74, 6) is 0.288. The van der Waals surface area contributed by atoms with Gasteiger partial charge in [0.15, 0.2) is 0 Å². The standard InChI is InChI=1S/C16H18FN3O3/c1-10-2-3-11(8-13(10)17)16-18-14(23-19-16)4-5-15(22)20-7-6-12(21)9-20/h2-3,8,12,21H,4-7,9H2,1H3/t12-/m1/s1. The lowest BCUT2D eigenvalue weighted by Crippen LogP contribution is -2.29. The van der Waals surface area contributed by atoms with Crippen molar-refractivity contribution in [1.29, 1.82) is 0 Å². The van der Waals surface area contributed by atoms with E-state index < -0.39 is 6.10 Å². The molecule has 1 aromatic heterocycles. The van der Waals surface area contributed by atoms with Gasteiger partial charge in [0.2, 0.25) is 17.6 Å². The third-order valence-corrected chi connectivity index (χ3v) is 3.97. The van der Waals surface area contributed by atoms with Gasteiger partial charge in [0.25, 0.3) is 0 Å². The van der Waals surface area contributed by atoms with E-state index in [0.717, 1.165) is 0 Å². The highest BCUT2D eigenvalue weighted by Crippen LogP contribution is 2.19. The number of amides is 1. The third kappa shape index (κ3) is 3.56. The quantitative estimate of drug-likeness (QED) is 0.928. The van der Waals surface area contributed by atoms with Crippen LogP contribution in [0.15, 0.2) is 22.7 Å².